The topological polar surface area (TPSA) is 69.6 Å². The standard InChI is InChI=1S/C15H17N5O/c1-9(13-10(2)18-20(4)11(13)3)15-17-14(19-21-15)12-7-5-6-8-16-12/h5-9H,1-4H3/t9-/m1/s1. The summed E-state index contributed by atoms with van der Waals surface area (Å²) < 4.78 is 7.29. The Morgan fingerprint density at radius 1 is 1.24 bits per heavy atom. The van der Waals surface area contributed by atoms with Gasteiger partial charge in [0.05, 0.1) is 11.6 Å². The highest BCUT2D eigenvalue weighted by Gasteiger charge is 2.23. The summed E-state index contributed by atoms with van der Waals surface area (Å²) in [4.78, 5) is 8.70. The van der Waals surface area contributed by atoms with Crippen molar-refractivity contribution in [2.24, 2.45) is 7.05 Å². The second kappa shape index (κ2) is 5.12. The van der Waals surface area contributed by atoms with Gasteiger partial charge in [0.2, 0.25) is 11.7 Å². The molecule has 3 aromatic heterocycles. The summed E-state index contributed by atoms with van der Waals surface area (Å²) in [5.74, 6) is 1.09. The van der Waals surface area contributed by atoms with E-state index in [1.165, 1.54) is 0 Å². The first kappa shape index (κ1) is 13.5. The molecule has 0 aliphatic heterocycles. The van der Waals surface area contributed by atoms with Crippen LogP contribution in [-0.2, 0) is 7.05 Å². The minimum atomic E-state index is 0.00339. The fourth-order valence-electron chi connectivity index (χ4n) is 2.55. The smallest absolute Gasteiger partial charge is 0.234 e. The predicted molar refractivity (Wildman–Crippen MR) is 77.7 cm³/mol. The number of rotatable bonds is 3. The quantitative estimate of drug-likeness (QED) is 0.739. The third-order valence-electron chi connectivity index (χ3n) is 3.70. The zero-order valence-electron chi connectivity index (χ0n) is 12.5. The number of hydrogen-bond donors (Lipinski definition) is 0. The first-order valence-electron chi connectivity index (χ1n) is 6.83. The van der Waals surface area contributed by atoms with Crippen LogP contribution in [0.1, 0.15) is 35.7 Å². The normalized spacial score (nSPS) is 12.6. The molecule has 0 fully saturated rings. The van der Waals surface area contributed by atoms with Crippen molar-refractivity contribution in [3.05, 3.63) is 47.2 Å². The van der Waals surface area contributed by atoms with Crippen molar-refractivity contribution in [1.29, 1.82) is 0 Å². The SMILES string of the molecule is Cc1nn(C)c(C)c1[C@@H](C)c1nc(-c2ccccn2)no1. The van der Waals surface area contributed by atoms with E-state index < -0.39 is 0 Å². The van der Waals surface area contributed by atoms with Crippen molar-refractivity contribution in [2.45, 2.75) is 26.7 Å². The number of nitrogens with zero attached hydrogens (tertiary/aromatic N) is 5. The Bertz CT molecular complexity index is 760. The summed E-state index contributed by atoms with van der Waals surface area (Å²) in [5, 5.41) is 8.46. The number of aryl methyl sites for hydroxylation is 2. The molecule has 6 heteroatoms. The lowest BCUT2D eigenvalue weighted by Crippen LogP contribution is -2.01. The maximum atomic E-state index is 5.42. The van der Waals surface area contributed by atoms with Crippen molar-refractivity contribution in [1.82, 2.24) is 24.9 Å². The zero-order chi connectivity index (χ0) is 15.0. The molecular formula is C15H17N5O. The maximum absolute atomic E-state index is 5.42. The van der Waals surface area contributed by atoms with Crippen LogP contribution in [0, 0.1) is 13.8 Å². The van der Waals surface area contributed by atoms with E-state index in [2.05, 4.69) is 20.2 Å². The van der Waals surface area contributed by atoms with Crippen LogP contribution < -0.4 is 0 Å². The lowest BCUT2D eigenvalue weighted by molar-refractivity contribution is 0.370. The van der Waals surface area contributed by atoms with E-state index in [4.69, 9.17) is 4.52 Å². The molecule has 0 saturated heterocycles. The molecule has 3 rings (SSSR count). The van der Waals surface area contributed by atoms with Crippen LogP contribution in [-0.4, -0.2) is 24.9 Å². The van der Waals surface area contributed by atoms with Crippen LogP contribution in [0.3, 0.4) is 0 Å². The van der Waals surface area contributed by atoms with E-state index >= 15 is 0 Å². The second-order valence-electron chi connectivity index (χ2n) is 5.10. The average Bonchev–Trinajstić information content (AvgIpc) is 3.06. The monoisotopic (exact) mass is 283 g/mol. The molecule has 0 saturated carbocycles. The zero-order valence-corrected chi connectivity index (χ0v) is 12.5. The number of aromatic nitrogens is 5. The molecule has 3 aromatic rings. The van der Waals surface area contributed by atoms with Crippen molar-refractivity contribution < 1.29 is 4.52 Å². The molecule has 108 valence electrons. The van der Waals surface area contributed by atoms with E-state index in [1.54, 1.807) is 6.20 Å². The van der Waals surface area contributed by atoms with E-state index in [9.17, 15) is 0 Å². The van der Waals surface area contributed by atoms with E-state index in [0.29, 0.717) is 17.4 Å². The van der Waals surface area contributed by atoms with Gasteiger partial charge >= 0.3 is 0 Å². The molecule has 0 amide bonds. The molecule has 0 aromatic carbocycles. The molecule has 0 unspecified atom stereocenters. The maximum Gasteiger partial charge on any atom is 0.234 e. The van der Waals surface area contributed by atoms with Gasteiger partial charge in [-0.05, 0) is 32.9 Å². The largest absolute Gasteiger partial charge is 0.338 e. The summed E-state index contributed by atoms with van der Waals surface area (Å²) >= 11 is 0. The van der Waals surface area contributed by atoms with Gasteiger partial charge in [-0.2, -0.15) is 10.1 Å². The fraction of sp³-hybridized carbons (Fsp3) is 0.333. The van der Waals surface area contributed by atoms with Gasteiger partial charge in [0.1, 0.15) is 5.69 Å². The minimum absolute atomic E-state index is 0.00339. The Hall–Kier alpha value is -2.50. The lowest BCUT2D eigenvalue weighted by Gasteiger charge is -2.07. The van der Waals surface area contributed by atoms with Crippen LogP contribution in [0.4, 0.5) is 0 Å². The molecule has 6 nitrogen and oxygen atoms in total. The van der Waals surface area contributed by atoms with Crippen molar-refractivity contribution in [2.75, 3.05) is 0 Å². The third kappa shape index (κ3) is 2.33. The summed E-state index contributed by atoms with van der Waals surface area (Å²) in [6.45, 7) is 6.09. The first-order valence-corrected chi connectivity index (χ1v) is 6.83. The van der Waals surface area contributed by atoms with Gasteiger partial charge in [0.15, 0.2) is 0 Å². The molecule has 0 aliphatic carbocycles. The Morgan fingerprint density at radius 2 is 2.05 bits per heavy atom. The van der Waals surface area contributed by atoms with E-state index in [-0.39, 0.29) is 5.92 Å². The first-order chi connectivity index (χ1) is 10.1. The molecule has 0 N–H and O–H groups in total. The van der Waals surface area contributed by atoms with Crippen molar-refractivity contribution in [3.63, 3.8) is 0 Å². The average molecular weight is 283 g/mol. The summed E-state index contributed by atoms with van der Waals surface area (Å²) in [6.07, 6.45) is 1.71. The predicted octanol–water partition coefficient (Wildman–Crippen LogP) is 2.63. The molecule has 3 heterocycles. The van der Waals surface area contributed by atoms with Gasteiger partial charge < -0.3 is 4.52 Å². The number of hydrogen-bond acceptors (Lipinski definition) is 5. The van der Waals surface area contributed by atoms with Crippen molar-refractivity contribution >= 4 is 0 Å². The van der Waals surface area contributed by atoms with E-state index in [0.717, 1.165) is 17.0 Å². The molecule has 0 bridgehead atoms. The van der Waals surface area contributed by atoms with Crippen molar-refractivity contribution in [3.8, 4) is 11.5 Å². The summed E-state index contributed by atoms with van der Waals surface area (Å²) in [6, 6.07) is 5.62. The van der Waals surface area contributed by atoms with Gasteiger partial charge in [-0.15, -0.1) is 0 Å². The molecule has 1 atom stereocenters. The Kier molecular flexibility index (Phi) is 3.29. The molecule has 0 radical (unpaired) electrons. The third-order valence-corrected chi connectivity index (χ3v) is 3.70. The highest BCUT2D eigenvalue weighted by molar-refractivity contribution is 5.47. The Labute approximate surface area is 122 Å². The van der Waals surface area contributed by atoms with Crippen LogP contribution in [0.25, 0.3) is 11.5 Å². The van der Waals surface area contributed by atoms with Crippen LogP contribution >= 0.6 is 0 Å². The molecule has 0 spiro atoms. The molecule has 21 heavy (non-hydrogen) atoms. The van der Waals surface area contributed by atoms with Gasteiger partial charge in [0, 0.05) is 24.5 Å². The van der Waals surface area contributed by atoms with Gasteiger partial charge in [-0.25, -0.2) is 0 Å². The van der Waals surface area contributed by atoms with Gasteiger partial charge in [-0.1, -0.05) is 11.2 Å². The lowest BCUT2D eigenvalue weighted by atomic mass is 9.99. The van der Waals surface area contributed by atoms with Crippen LogP contribution in [0.5, 0.6) is 0 Å². The van der Waals surface area contributed by atoms with Crippen LogP contribution in [0.2, 0.25) is 0 Å². The van der Waals surface area contributed by atoms with Gasteiger partial charge in [-0.3, -0.25) is 9.67 Å². The minimum Gasteiger partial charge on any atom is -0.338 e. The van der Waals surface area contributed by atoms with Gasteiger partial charge in [0.25, 0.3) is 0 Å². The number of pyridine rings is 1. The van der Waals surface area contributed by atoms with E-state index in [1.807, 2.05) is 50.7 Å². The second-order valence-corrected chi connectivity index (χ2v) is 5.10. The molecular weight excluding hydrogens is 266 g/mol. The Balaban J connectivity index is 1.96. The fourth-order valence-corrected chi connectivity index (χ4v) is 2.55. The summed E-state index contributed by atoms with van der Waals surface area (Å²) in [5.41, 5.74) is 3.94. The molecule has 0 aliphatic rings. The van der Waals surface area contributed by atoms with Crippen LogP contribution in [0.15, 0.2) is 28.9 Å². The highest BCUT2D eigenvalue weighted by Crippen LogP contribution is 2.29. The summed E-state index contributed by atoms with van der Waals surface area (Å²) in [7, 11) is 1.94. The Morgan fingerprint density at radius 3 is 2.67 bits per heavy atom. The highest BCUT2D eigenvalue weighted by atomic mass is 16.5.